The van der Waals surface area contributed by atoms with Gasteiger partial charge in [-0.2, -0.15) is 0 Å². The van der Waals surface area contributed by atoms with Gasteiger partial charge in [-0.3, -0.25) is 13.8 Å². The number of carbonyl (C=O) groups is 1. The molecule has 0 aliphatic carbocycles. The van der Waals surface area contributed by atoms with Crippen LogP contribution in [0.3, 0.4) is 0 Å². The minimum Gasteiger partial charge on any atom is -0.391 e. The van der Waals surface area contributed by atoms with E-state index in [1.165, 1.54) is 295 Å². The summed E-state index contributed by atoms with van der Waals surface area (Å²) in [5.74, 6) is -0.138. The summed E-state index contributed by atoms with van der Waals surface area (Å²) < 4.78 is 23.9. The minimum absolute atomic E-state index is 0.0775. The van der Waals surface area contributed by atoms with Crippen molar-refractivity contribution in [3.05, 3.63) is 12.2 Å². The number of nitrogens with zero attached hydrogens (tertiary/aromatic N) is 1. The van der Waals surface area contributed by atoms with E-state index in [9.17, 15) is 19.4 Å². The fourth-order valence-electron chi connectivity index (χ4n) is 10.7. The van der Waals surface area contributed by atoms with Crippen LogP contribution in [-0.4, -0.2) is 73.4 Å². The van der Waals surface area contributed by atoms with Crippen LogP contribution in [0, 0.1) is 0 Å². The van der Waals surface area contributed by atoms with E-state index >= 15 is 0 Å². The van der Waals surface area contributed by atoms with Crippen LogP contribution in [0.1, 0.15) is 361 Å². The van der Waals surface area contributed by atoms with Crippen molar-refractivity contribution in [2.75, 3.05) is 40.9 Å². The number of aliphatic hydroxyl groups is 1. The average molecular weight is 1100 g/mol. The molecule has 0 saturated heterocycles. The molecule has 0 aliphatic rings. The lowest BCUT2D eigenvalue weighted by Gasteiger charge is -2.26. The number of phosphoric acid groups is 1. The highest BCUT2D eigenvalue weighted by Crippen LogP contribution is 2.43. The van der Waals surface area contributed by atoms with Gasteiger partial charge in [0.2, 0.25) is 5.91 Å². The number of rotatable bonds is 64. The first-order chi connectivity index (χ1) is 37.0. The lowest BCUT2D eigenvalue weighted by molar-refractivity contribution is -0.870. The molecular weight excluding hydrogens is 960 g/mol. The van der Waals surface area contributed by atoms with Crippen molar-refractivity contribution in [1.82, 2.24) is 5.32 Å². The standard InChI is InChI=1S/C67H135N2O6P/c1-6-8-10-12-14-16-18-20-22-24-26-28-30-31-32-33-34-35-36-37-39-40-42-44-46-48-50-52-54-56-58-60-66(70)65(64-75-76(72,73)74-63-62-69(3,4)5)68-67(71)61-59-57-55-53-51-49-47-45-43-41-38-29-27-25-23-21-19-17-15-13-11-9-7-2/h25,27,65-66,70H,6-24,26,28-64H2,1-5H3,(H-,68,71,72,73)/p+1/b27-25-. The molecule has 76 heavy (non-hydrogen) atoms. The van der Waals surface area contributed by atoms with Crippen LogP contribution in [0.15, 0.2) is 12.2 Å². The van der Waals surface area contributed by atoms with Gasteiger partial charge in [-0.1, -0.05) is 328 Å². The third kappa shape index (κ3) is 60.9. The number of nitrogens with one attached hydrogen (secondary N) is 1. The zero-order valence-electron chi connectivity index (χ0n) is 52.0. The van der Waals surface area contributed by atoms with E-state index in [-0.39, 0.29) is 19.1 Å². The largest absolute Gasteiger partial charge is 0.472 e. The van der Waals surface area contributed by atoms with Gasteiger partial charge in [-0.05, 0) is 38.5 Å². The van der Waals surface area contributed by atoms with E-state index in [0.717, 1.165) is 38.5 Å². The molecule has 8 nitrogen and oxygen atoms in total. The van der Waals surface area contributed by atoms with Gasteiger partial charge in [-0.25, -0.2) is 4.57 Å². The predicted octanol–water partition coefficient (Wildman–Crippen LogP) is 21.3. The minimum atomic E-state index is -4.33. The SMILES string of the molecule is CCCCCCCCCC/C=C\CCCCCCCCCCCCCC(=O)NC(COP(=O)(O)OCC[N+](C)(C)C)C(O)CCCCCCCCCCCCCCCCCCCCCCCCCCCCCCCCC. The molecule has 9 heteroatoms. The van der Waals surface area contributed by atoms with E-state index < -0.39 is 20.0 Å². The Bertz CT molecular complexity index is 1240. The molecule has 454 valence electrons. The van der Waals surface area contributed by atoms with Gasteiger partial charge in [0.1, 0.15) is 13.2 Å². The van der Waals surface area contributed by atoms with Gasteiger partial charge < -0.3 is 19.8 Å². The fourth-order valence-corrected chi connectivity index (χ4v) is 11.4. The Morgan fingerprint density at radius 1 is 0.434 bits per heavy atom. The average Bonchev–Trinajstić information content (AvgIpc) is 3.38. The zero-order chi connectivity index (χ0) is 55.6. The summed E-state index contributed by atoms with van der Waals surface area (Å²) in [5, 5.41) is 14.1. The van der Waals surface area contributed by atoms with Gasteiger partial charge >= 0.3 is 7.82 Å². The van der Waals surface area contributed by atoms with E-state index in [4.69, 9.17) is 9.05 Å². The smallest absolute Gasteiger partial charge is 0.391 e. The normalized spacial score (nSPS) is 13.7. The highest BCUT2D eigenvalue weighted by Gasteiger charge is 2.28. The van der Waals surface area contributed by atoms with Gasteiger partial charge in [0.25, 0.3) is 0 Å². The van der Waals surface area contributed by atoms with Crippen LogP contribution in [0.5, 0.6) is 0 Å². The second kappa shape index (κ2) is 58.9. The molecule has 0 saturated carbocycles. The van der Waals surface area contributed by atoms with Crippen LogP contribution in [-0.2, 0) is 18.4 Å². The van der Waals surface area contributed by atoms with Crippen LogP contribution in [0.2, 0.25) is 0 Å². The summed E-state index contributed by atoms with van der Waals surface area (Å²) >= 11 is 0. The molecule has 3 atom stereocenters. The topological polar surface area (TPSA) is 105 Å². The van der Waals surface area contributed by atoms with Crippen molar-refractivity contribution in [2.45, 2.75) is 373 Å². The van der Waals surface area contributed by atoms with E-state index in [1.54, 1.807) is 0 Å². The lowest BCUT2D eigenvalue weighted by atomic mass is 10.0. The maximum atomic E-state index is 13.1. The maximum absolute atomic E-state index is 13.1. The van der Waals surface area contributed by atoms with Crippen LogP contribution >= 0.6 is 7.82 Å². The van der Waals surface area contributed by atoms with E-state index in [1.807, 2.05) is 21.1 Å². The molecule has 0 bridgehead atoms. The first-order valence-electron chi connectivity index (χ1n) is 34.1. The summed E-state index contributed by atoms with van der Waals surface area (Å²) in [7, 11) is 1.63. The summed E-state index contributed by atoms with van der Waals surface area (Å²) in [4.78, 5) is 23.4. The highest BCUT2D eigenvalue weighted by atomic mass is 31.2. The fraction of sp³-hybridized carbons (Fsp3) is 0.955. The number of carbonyl (C=O) groups excluding carboxylic acids is 1. The number of likely N-dealkylation sites (N-methyl/N-ethyl adjacent to an activating group) is 1. The molecule has 0 fully saturated rings. The van der Waals surface area contributed by atoms with Gasteiger partial charge in [-0.15, -0.1) is 0 Å². The number of unbranched alkanes of at least 4 members (excludes halogenated alkanes) is 49. The number of hydrogen-bond donors (Lipinski definition) is 3. The molecule has 0 aliphatic heterocycles. The van der Waals surface area contributed by atoms with Crippen LogP contribution in [0.25, 0.3) is 0 Å². The Labute approximate surface area is 475 Å². The molecule has 0 aromatic carbocycles. The van der Waals surface area contributed by atoms with Gasteiger partial charge in [0.15, 0.2) is 0 Å². The monoisotopic (exact) mass is 1100 g/mol. The lowest BCUT2D eigenvalue weighted by Crippen LogP contribution is -2.46. The molecular formula is C67H136N2O6P+. The van der Waals surface area contributed by atoms with Crippen molar-refractivity contribution in [3.63, 3.8) is 0 Å². The Morgan fingerprint density at radius 3 is 1.01 bits per heavy atom. The third-order valence-corrected chi connectivity index (χ3v) is 17.0. The Morgan fingerprint density at radius 2 is 0.711 bits per heavy atom. The van der Waals surface area contributed by atoms with Crippen molar-refractivity contribution in [3.8, 4) is 0 Å². The third-order valence-electron chi connectivity index (χ3n) is 16.0. The first-order valence-corrected chi connectivity index (χ1v) is 35.5. The number of amides is 1. The van der Waals surface area contributed by atoms with Crippen molar-refractivity contribution in [2.24, 2.45) is 0 Å². The predicted molar refractivity (Wildman–Crippen MR) is 332 cm³/mol. The van der Waals surface area contributed by atoms with Crippen molar-refractivity contribution in [1.29, 1.82) is 0 Å². The molecule has 0 radical (unpaired) electrons. The summed E-state index contributed by atoms with van der Waals surface area (Å²) in [6.07, 6.45) is 74.5. The molecule has 1 amide bonds. The number of aliphatic hydroxyl groups excluding tert-OH is 1. The van der Waals surface area contributed by atoms with Gasteiger partial charge in [0.05, 0.1) is 39.9 Å². The second-order valence-corrected chi connectivity index (χ2v) is 26.4. The molecule has 0 heterocycles. The van der Waals surface area contributed by atoms with E-state index in [2.05, 4.69) is 31.3 Å². The Balaban J connectivity index is 4.01. The molecule has 0 rings (SSSR count). The maximum Gasteiger partial charge on any atom is 0.472 e. The second-order valence-electron chi connectivity index (χ2n) is 24.9. The Kier molecular flexibility index (Phi) is 58.3. The van der Waals surface area contributed by atoms with Crippen molar-refractivity contribution >= 4 is 13.7 Å². The number of allylic oxidation sites excluding steroid dienone is 2. The molecule has 3 N–H and O–H groups in total. The van der Waals surface area contributed by atoms with Gasteiger partial charge in [0, 0.05) is 6.42 Å². The summed E-state index contributed by atoms with van der Waals surface area (Å²) in [5.41, 5.74) is 0. The number of quaternary nitrogens is 1. The quantitative estimate of drug-likeness (QED) is 0.0243. The summed E-state index contributed by atoms with van der Waals surface area (Å²) in [6, 6.07) is -0.760. The Hall–Kier alpha value is -0.760. The summed E-state index contributed by atoms with van der Waals surface area (Å²) in [6.45, 7) is 4.95. The molecule has 0 aromatic heterocycles. The number of hydrogen-bond acceptors (Lipinski definition) is 5. The first kappa shape index (κ1) is 75.2. The molecule has 0 aromatic rings. The van der Waals surface area contributed by atoms with Crippen molar-refractivity contribution < 1.29 is 32.9 Å². The molecule has 3 unspecified atom stereocenters. The van der Waals surface area contributed by atoms with Crippen LogP contribution in [0.4, 0.5) is 0 Å². The molecule has 0 spiro atoms. The number of phosphoric ester groups is 1. The highest BCUT2D eigenvalue weighted by molar-refractivity contribution is 7.47. The van der Waals surface area contributed by atoms with E-state index in [0.29, 0.717) is 23.9 Å². The zero-order valence-corrected chi connectivity index (χ0v) is 52.9. The van der Waals surface area contributed by atoms with Crippen LogP contribution < -0.4 is 5.32 Å².